The van der Waals surface area contributed by atoms with Crippen LogP contribution in [0.15, 0.2) is 52.1 Å². The Labute approximate surface area is 185 Å². The molecule has 1 atom stereocenters. The molecule has 0 saturated heterocycles. The van der Waals surface area contributed by atoms with Gasteiger partial charge < -0.3 is 19.8 Å². The Morgan fingerprint density at radius 1 is 1.28 bits per heavy atom. The summed E-state index contributed by atoms with van der Waals surface area (Å²) < 4.78 is 24.5. The van der Waals surface area contributed by atoms with Crippen LogP contribution in [0.1, 0.15) is 12.7 Å². The van der Waals surface area contributed by atoms with Gasteiger partial charge in [-0.2, -0.15) is 5.10 Å². The highest BCUT2D eigenvalue weighted by Gasteiger charge is 2.10. The highest BCUT2D eigenvalue weighted by molar-refractivity contribution is 14.0. The van der Waals surface area contributed by atoms with Crippen molar-refractivity contribution in [1.82, 2.24) is 25.8 Å². The van der Waals surface area contributed by atoms with Gasteiger partial charge in [0.25, 0.3) is 0 Å². The molecule has 0 radical (unpaired) electrons. The first-order valence-corrected chi connectivity index (χ1v) is 8.96. The third-order valence-corrected chi connectivity index (χ3v) is 3.87. The molecule has 0 spiro atoms. The van der Waals surface area contributed by atoms with E-state index >= 15 is 0 Å². The second kappa shape index (κ2) is 11.4. The van der Waals surface area contributed by atoms with Crippen LogP contribution in [0.3, 0.4) is 0 Å². The van der Waals surface area contributed by atoms with Gasteiger partial charge in [-0.05, 0) is 31.2 Å². The number of hydrogen-bond donors (Lipinski definition) is 3. The van der Waals surface area contributed by atoms with Gasteiger partial charge >= 0.3 is 0 Å². The van der Waals surface area contributed by atoms with Crippen LogP contribution in [-0.2, 0) is 6.42 Å². The summed E-state index contributed by atoms with van der Waals surface area (Å²) in [5.74, 6) is 2.37. The molecule has 2 heterocycles. The molecule has 2 aromatic heterocycles. The van der Waals surface area contributed by atoms with Gasteiger partial charge in [-0.3, -0.25) is 10.1 Å². The van der Waals surface area contributed by atoms with E-state index in [9.17, 15) is 4.39 Å². The number of benzene rings is 1. The fourth-order valence-electron chi connectivity index (χ4n) is 2.48. The lowest BCUT2D eigenvalue weighted by Gasteiger charge is -2.17. The summed E-state index contributed by atoms with van der Waals surface area (Å²) in [5, 5.41) is 13.4. The normalized spacial score (nSPS) is 12.2. The third-order valence-electron chi connectivity index (χ3n) is 3.87. The smallest absolute Gasteiger partial charge is 0.216 e. The minimum atomic E-state index is -0.377. The van der Waals surface area contributed by atoms with Crippen molar-refractivity contribution < 1.29 is 13.5 Å². The van der Waals surface area contributed by atoms with E-state index in [-0.39, 0.29) is 41.6 Å². The van der Waals surface area contributed by atoms with Gasteiger partial charge in [0.05, 0.1) is 12.8 Å². The molecule has 10 heteroatoms. The largest absolute Gasteiger partial charge is 0.486 e. The number of guanidine groups is 1. The molecule has 3 N–H and O–H groups in total. The zero-order chi connectivity index (χ0) is 19.8. The highest BCUT2D eigenvalue weighted by Crippen LogP contribution is 2.16. The van der Waals surface area contributed by atoms with E-state index in [4.69, 9.17) is 9.15 Å². The van der Waals surface area contributed by atoms with Crippen LogP contribution >= 0.6 is 24.0 Å². The average molecular weight is 514 g/mol. The van der Waals surface area contributed by atoms with Gasteiger partial charge in [0.2, 0.25) is 5.82 Å². The van der Waals surface area contributed by atoms with Crippen molar-refractivity contribution in [2.75, 3.05) is 20.1 Å². The van der Waals surface area contributed by atoms with Gasteiger partial charge in [0.15, 0.2) is 23.3 Å². The Morgan fingerprint density at radius 2 is 2.10 bits per heavy atom. The minimum absolute atomic E-state index is 0. The number of nitrogens with one attached hydrogen (secondary N) is 3. The number of aliphatic imine (C=N–C) groups is 1. The van der Waals surface area contributed by atoms with Gasteiger partial charge in [-0.1, -0.05) is 12.1 Å². The van der Waals surface area contributed by atoms with Crippen LogP contribution in [0.2, 0.25) is 0 Å². The van der Waals surface area contributed by atoms with E-state index in [0.29, 0.717) is 37.1 Å². The quantitative estimate of drug-likeness (QED) is 0.243. The zero-order valence-corrected chi connectivity index (χ0v) is 18.5. The molecule has 0 aliphatic heterocycles. The summed E-state index contributed by atoms with van der Waals surface area (Å²) in [4.78, 5) is 8.55. The second-order valence-electron chi connectivity index (χ2n) is 6.07. The van der Waals surface area contributed by atoms with Crippen molar-refractivity contribution in [1.29, 1.82) is 0 Å². The van der Waals surface area contributed by atoms with Crippen LogP contribution in [0.25, 0.3) is 11.6 Å². The number of ether oxygens (including phenoxy) is 1. The summed E-state index contributed by atoms with van der Waals surface area (Å²) in [7, 11) is 1.68. The van der Waals surface area contributed by atoms with Crippen LogP contribution < -0.4 is 15.4 Å². The lowest BCUT2D eigenvalue weighted by Crippen LogP contribution is -2.42. The predicted octanol–water partition coefficient (Wildman–Crippen LogP) is 3.00. The monoisotopic (exact) mass is 514 g/mol. The molecule has 3 aromatic rings. The average Bonchev–Trinajstić information content (AvgIpc) is 3.38. The first-order chi connectivity index (χ1) is 13.7. The van der Waals surface area contributed by atoms with Crippen molar-refractivity contribution in [2.45, 2.75) is 19.4 Å². The maximum absolute atomic E-state index is 13.6. The number of furan rings is 1. The second-order valence-corrected chi connectivity index (χ2v) is 6.07. The topological polar surface area (TPSA) is 100 Å². The molecule has 29 heavy (non-hydrogen) atoms. The van der Waals surface area contributed by atoms with E-state index in [0.717, 1.165) is 5.82 Å². The number of para-hydroxylation sites is 1. The number of nitrogens with zero attached hydrogens (tertiary/aromatic N) is 3. The van der Waals surface area contributed by atoms with Crippen molar-refractivity contribution in [3.05, 3.63) is 54.3 Å². The Balaban J connectivity index is 0.00000300. The number of halogens is 2. The molecule has 1 unspecified atom stereocenters. The molecule has 0 aliphatic carbocycles. The third kappa shape index (κ3) is 6.73. The minimum Gasteiger partial charge on any atom is -0.486 e. The van der Waals surface area contributed by atoms with Crippen LogP contribution in [0, 0.1) is 5.82 Å². The van der Waals surface area contributed by atoms with Crippen molar-refractivity contribution in [3.8, 4) is 17.3 Å². The van der Waals surface area contributed by atoms with Crippen LogP contribution in [0.4, 0.5) is 4.39 Å². The fourth-order valence-corrected chi connectivity index (χ4v) is 2.48. The number of rotatable bonds is 8. The molecular formula is C19H24FIN6O2. The lowest BCUT2D eigenvalue weighted by atomic mass is 10.3. The number of H-pyrrole nitrogens is 1. The molecular weight excluding hydrogens is 490 g/mol. The maximum atomic E-state index is 13.6. The summed E-state index contributed by atoms with van der Waals surface area (Å²) >= 11 is 0. The SMILES string of the molecule is CN=C(NCCc1nc(-c2ccco2)n[nH]1)NCC(C)Oc1ccccc1F.I. The summed E-state index contributed by atoms with van der Waals surface area (Å²) in [6, 6.07) is 9.94. The van der Waals surface area contributed by atoms with E-state index in [1.807, 2.05) is 13.0 Å². The van der Waals surface area contributed by atoms with Crippen molar-refractivity contribution in [3.63, 3.8) is 0 Å². The van der Waals surface area contributed by atoms with E-state index in [1.54, 1.807) is 37.6 Å². The molecule has 3 rings (SSSR count). The van der Waals surface area contributed by atoms with Crippen LogP contribution in [-0.4, -0.2) is 47.4 Å². The van der Waals surface area contributed by atoms with Gasteiger partial charge in [-0.25, -0.2) is 9.37 Å². The molecule has 1 aromatic carbocycles. The van der Waals surface area contributed by atoms with Gasteiger partial charge in [-0.15, -0.1) is 24.0 Å². The summed E-state index contributed by atoms with van der Waals surface area (Å²) in [5.41, 5.74) is 0. The predicted molar refractivity (Wildman–Crippen MR) is 119 cm³/mol. The first kappa shape index (κ1) is 22.7. The summed E-state index contributed by atoms with van der Waals surface area (Å²) in [6.07, 6.45) is 1.98. The fraction of sp³-hybridized carbons (Fsp3) is 0.316. The molecule has 0 bridgehead atoms. The number of aromatic nitrogens is 3. The molecule has 0 aliphatic rings. The molecule has 8 nitrogen and oxygen atoms in total. The van der Waals surface area contributed by atoms with Gasteiger partial charge in [0.1, 0.15) is 11.9 Å². The van der Waals surface area contributed by atoms with E-state index < -0.39 is 0 Å². The molecule has 156 valence electrons. The Hall–Kier alpha value is -2.63. The van der Waals surface area contributed by atoms with Crippen molar-refractivity contribution in [2.24, 2.45) is 4.99 Å². The Bertz CT molecular complexity index is 900. The maximum Gasteiger partial charge on any atom is 0.216 e. The van der Waals surface area contributed by atoms with Crippen molar-refractivity contribution >= 4 is 29.9 Å². The number of hydrogen-bond acceptors (Lipinski definition) is 5. The highest BCUT2D eigenvalue weighted by atomic mass is 127. The van der Waals surface area contributed by atoms with Gasteiger partial charge in [0, 0.05) is 20.0 Å². The summed E-state index contributed by atoms with van der Waals surface area (Å²) in [6.45, 7) is 2.94. The Kier molecular flexibility index (Phi) is 8.90. The molecule has 0 saturated carbocycles. The standard InChI is InChI=1S/C19H23FN6O2.HI/c1-13(28-15-7-4-3-6-14(15)20)12-23-19(21-2)22-10-9-17-24-18(26-25-17)16-8-5-11-27-16;/h3-8,11,13H,9-10,12H2,1-2H3,(H2,21,22,23)(H,24,25,26);1H. The van der Waals surface area contributed by atoms with E-state index in [2.05, 4.69) is 30.8 Å². The number of aromatic amines is 1. The van der Waals surface area contributed by atoms with Crippen LogP contribution in [0.5, 0.6) is 5.75 Å². The van der Waals surface area contributed by atoms with E-state index in [1.165, 1.54) is 6.07 Å². The molecule has 0 fully saturated rings. The lowest BCUT2D eigenvalue weighted by molar-refractivity contribution is 0.214. The zero-order valence-electron chi connectivity index (χ0n) is 16.2. The molecule has 0 amide bonds. The Morgan fingerprint density at radius 3 is 2.83 bits per heavy atom. The first-order valence-electron chi connectivity index (χ1n) is 8.96.